The first-order valence-corrected chi connectivity index (χ1v) is 13.6. The van der Waals surface area contributed by atoms with E-state index in [-0.39, 0.29) is 18.5 Å². The molecule has 0 N–H and O–H groups in total. The number of carbonyl (C=O) groups is 2. The number of hydrogen-bond acceptors (Lipinski definition) is 8. The van der Waals surface area contributed by atoms with Gasteiger partial charge in [0, 0.05) is 43.7 Å². The van der Waals surface area contributed by atoms with Crippen LogP contribution in [-0.4, -0.2) is 78.4 Å². The predicted octanol–water partition coefficient (Wildman–Crippen LogP) is 5.00. The SMILES string of the molecule is CCOC(=O)Cc1csc(-c2ccc3ccc(OCCN4CCN(C(=O)OC(C)(C)C)CC4)cc3c2)n1. The Hall–Kier alpha value is -3.17. The molecule has 0 saturated carbocycles. The van der Waals surface area contributed by atoms with Crippen LogP contribution in [0.3, 0.4) is 0 Å². The molecule has 4 rings (SSSR count). The Bertz CT molecular complexity index is 1230. The van der Waals surface area contributed by atoms with E-state index in [2.05, 4.69) is 28.1 Å². The molecule has 9 heteroatoms. The Morgan fingerprint density at radius 2 is 1.78 bits per heavy atom. The van der Waals surface area contributed by atoms with Crippen LogP contribution in [0.2, 0.25) is 0 Å². The fourth-order valence-electron chi connectivity index (χ4n) is 4.10. The number of esters is 1. The number of thiazole rings is 1. The molecule has 1 aromatic heterocycles. The normalized spacial score (nSPS) is 14.5. The topological polar surface area (TPSA) is 81.2 Å². The van der Waals surface area contributed by atoms with Gasteiger partial charge in [0.15, 0.2) is 0 Å². The molecule has 0 radical (unpaired) electrons. The lowest BCUT2D eigenvalue weighted by Gasteiger charge is -2.35. The number of rotatable bonds is 8. The zero-order chi connectivity index (χ0) is 26.4. The summed E-state index contributed by atoms with van der Waals surface area (Å²) in [6.07, 6.45) is -0.0571. The first-order valence-electron chi connectivity index (χ1n) is 12.7. The van der Waals surface area contributed by atoms with Crippen LogP contribution in [0.1, 0.15) is 33.4 Å². The fourth-order valence-corrected chi connectivity index (χ4v) is 4.92. The number of carbonyl (C=O) groups excluding carboxylic acids is 2. The van der Waals surface area contributed by atoms with Crippen LogP contribution in [-0.2, 0) is 20.7 Å². The van der Waals surface area contributed by atoms with Crippen molar-refractivity contribution in [3.63, 3.8) is 0 Å². The molecule has 37 heavy (non-hydrogen) atoms. The molecule has 1 aliphatic rings. The number of amides is 1. The van der Waals surface area contributed by atoms with E-state index in [0.29, 0.717) is 26.3 Å². The van der Waals surface area contributed by atoms with E-state index in [4.69, 9.17) is 14.2 Å². The van der Waals surface area contributed by atoms with E-state index in [1.165, 1.54) is 11.3 Å². The van der Waals surface area contributed by atoms with Gasteiger partial charge in [-0.05, 0) is 56.7 Å². The van der Waals surface area contributed by atoms with Crippen LogP contribution in [0, 0.1) is 0 Å². The lowest BCUT2D eigenvalue weighted by atomic mass is 10.1. The van der Waals surface area contributed by atoms with Crippen molar-refractivity contribution in [1.29, 1.82) is 0 Å². The minimum absolute atomic E-state index is 0.186. The van der Waals surface area contributed by atoms with Gasteiger partial charge in [0.1, 0.15) is 23.0 Å². The van der Waals surface area contributed by atoms with E-state index in [1.807, 2.05) is 44.4 Å². The molecule has 1 saturated heterocycles. The van der Waals surface area contributed by atoms with Crippen LogP contribution in [0.5, 0.6) is 5.75 Å². The summed E-state index contributed by atoms with van der Waals surface area (Å²) in [6, 6.07) is 12.3. The Balaban J connectivity index is 1.30. The standard InChI is InChI=1S/C28H35N3O5S/c1-5-34-25(32)18-23-19-37-26(29-23)21-7-6-20-8-9-24(17-22(20)16-21)35-15-14-30-10-12-31(13-11-30)27(33)36-28(2,3)4/h6-9,16-17,19H,5,10-15,18H2,1-4H3. The second kappa shape index (κ2) is 11.9. The summed E-state index contributed by atoms with van der Waals surface area (Å²) in [5.41, 5.74) is 1.26. The van der Waals surface area contributed by atoms with Gasteiger partial charge in [0.2, 0.25) is 0 Å². The second-order valence-corrected chi connectivity index (χ2v) is 10.9. The van der Waals surface area contributed by atoms with Crippen LogP contribution in [0.15, 0.2) is 41.8 Å². The minimum atomic E-state index is -0.476. The molecule has 198 valence electrons. The van der Waals surface area contributed by atoms with Crippen molar-refractivity contribution >= 4 is 34.2 Å². The maximum Gasteiger partial charge on any atom is 0.410 e. The van der Waals surface area contributed by atoms with Gasteiger partial charge in [-0.15, -0.1) is 11.3 Å². The van der Waals surface area contributed by atoms with Crippen molar-refractivity contribution in [2.75, 3.05) is 45.9 Å². The average molecular weight is 526 g/mol. The first-order chi connectivity index (χ1) is 17.7. The molecule has 2 heterocycles. The molecule has 0 aliphatic carbocycles. The lowest BCUT2D eigenvalue weighted by molar-refractivity contribution is -0.142. The van der Waals surface area contributed by atoms with E-state index >= 15 is 0 Å². The van der Waals surface area contributed by atoms with Crippen molar-refractivity contribution < 1.29 is 23.8 Å². The Kier molecular flexibility index (Phi) is 8.66. The van der Waals surface area contributed by atoms with Gasteiger partial charge in [-0.1, -0.05) is 18.2 Å². The maximum atomic E-state index is 12.2. The summed E-state index contributed by atoms with van der Waals surface area (Å²) in [6.45, 7) is 12.1. The average Bonchev–Trinajstić information content (AvgIpc) is 3.31. The number of aromatic nitrogens is 1. The Morgan fingerprint density at radius 3 is 2.51 bits per heavy atom. The molecule has 8 nitrogen and oxygen atoms in total. The Labute approximate surface area is 222 Å². The van der Waals surface area contributed by atoms with Gasteiger partial charge in [-0.25, -0.2) is 9.78 Å². The van der Waals surface area contributed by atoms with E-state index in [1.54, 1.807) is 11.8 Å². The summed E-state index contributed by atoms with van der Waals surface area (Å²) in [4.78, 5) is 32.7. The maximum absolute atomic E-state index is 12.2. The van der Waals surface area contributed by atoms with Gasteiger partial charge < -0.3 is 19.1 Å². The fraction of sp³-hybridized carbons (Fsp3) is 0.464. The summed E-state index contributed by atoms with van der Waals surface area (Å²) < 4.78 is 16.6. The van der Waals surface area contributed by atoms with Crippen molar-refractivity contribution in [2.24, 2.45) is 0 Å². The quantitative estimate of drug-likeness (QED) is 0.383. The van der Waals surface area contributed by atoms with Gasteiger partial charge >= 0.3 is 12.1 Å². The zero-order valence-corrected chi connectivity index (χ0v) is 22.8. The zero-order valence-electron chi connectivity index (χ0n) is 22.0. The molecule has 0 unspecified atom stereocenters. The third-order valence-electron chi connectivity index (χ3n) is 5.94. The van der Waals surface area contributed by atoms with Gasteiger partial charge in [0.25, 0.3) is 0 Å². The van der Waals surface area contributed by atoms with Crippen LogP contribution >= 0.6 is 11.3 Å². The number of fused-ring (bicyclic) bond motifs is 1. The minimum Gasteiger partial charge on any atom is -0.492 e. The number of piperazine rings is 1. The van der Waals surface area contributed by atoms with Crippen molar-refractivity contribution in [1.82, 2.24) is 14.8 Å². The molecule has 3 aromatic rings. The molecule has 0 atom stereocenters. The molecular formula is C28H35N3O5S. The summed E-state index contributed by atoms with van der Waals surface area (Å²) in [7, 11) is 0. The van der Waals surface area contributed by atoms with Gasteiger partial charge in [-0.2, -0.15) is 0 Å². The van der Waals surface area contributed by atoms with Gasteiger partial charge in [-0.3, -0.25) is 9.69 Å². The molecule has 0 spiro atoms. The third-order valence-corrected chi connectivity index (χ3v) is 6.88. The van der Waals surface area contributed by atoms with E-state index in [9.17, 15) is 9.59 Å². The number of benzene rings is 2. The molecule has 2 aromatic carbocycles. The van der Waals surface area contributed by atoms with Crippen molar-refractivity contribution in [3.05, 3.63) is 47.5 Å². The molecule has 1 amide bonds. The smallest absolute Gasteiger partial charge is 0.410 e. The molecule has 0 bridgehead atoms. The van der Waals surface area contributed by atoms with Gasteiger partial charge in [0.05, 0.1) is 18.7 Å². The van der Waals surface area contributed by atoms with Crippen LogP contribution in [0.4, 0.5) is 4.79 Å². The van der Waals surface area contributed by atoms with Crippen LogP contribution < -0.4 is 4.74 Å². The van der Waals surface area contributed by atoms with Crippen molar-refractivity contribution in [3.8, 4) is 16.3 Å². The summed E-state index contributed by atoms with van der Waals surface area (Å²) in [5, 5.41) is 4.97. The highest BCUT2D eigenvalue weighted by atomic mass is 32.1. The predicted molar refractivity (Wildman–Crippen MR) is 145 cm³/mol. The Morgan fingerprint density at radius 1 is 1.03 bits per heavy atom. The number of nitrogens with zero attached hydrogens (tertiary/aromatic N) is 3. The highest BCUT2D eigenvalue weighted by Gasteiger charge is 2.25. The van der Waals surface area contributed by atoms with E-state index in [0.717, 1.165) is 52.4 Å². The summed E-state index contributed by atoms with van der Waals surface area (Å²) >= 11 is 1.52. The lowest BCUT2D eigenvalue weighted by Crippen LogP contribution is -2.50. The summed E-state index contributed by atoms with van der Waals surface area (Å²) in [5.74, 6) is 0.559. The number of ether oxygens (including phenoxy) is 3. The first kappa shape index (κ1) is 26.9. The highest BCUT2D eigenvalue weighted by Crippen LogP contribution is 2.29. The molecular weight excluding hydrogens is 490 g/mol. The largest absolute Gasteiger partial charge is 0.492 e. The van der Waals surface area contributed by atoms with Crippen molar-refractivity contribution in [2.45, 2.75) is 39.7 Å². The monoisotopic (exact) mass is 525 g/mol. The molecule has 1 aliphatic heterocycles. The van der Waals surface area contributed by atoms with Crippen LogP contribution in [0.25, 0.3) is 21.3 Å². The third kappa shape index (κ3) is 7.66. The molecule has 1 fully saturated rings. The number of hydrogen-bond donors (Lipinski definition) is 0. The second-order valence-electron chi connectivity index (χ2n) is 10.0. The highest BCUT2D eigenvalue weighted by molar-refractivity contribution is 7.13. The van der Waals surface area contributed by atoms with E-state index < -0.39 is 5.60 Å².